The van der Waals surface area contributed by atoms with Gasteiger partial charge < -0.3 is 24.8 Å². The van der Waals surface area contributed by atoms with Gasteiger partial charge in [-0.2, -0.15) is 0 Å². The van der Waals surface area contributed by atoms with E-state index in [2.05, 4.69) is 20.6 Å². The van der Waals surface area contributed by atoms with Gasteiger partial charge in [0.15, 0.2) is 11.5 Å². The summed E-state index contributed by atoms with van der Waals surface area (Å²) < 4.78 is 16.6. The largest absolute Gasteiger partial charge is 0.493 e. The molecule has 4 heterocycles. The Bertz CT molecular complexity index is 1480. The van der Waals surface area contributed by atoms with Crippen molar-refractivity contribution >= 4 is 33.3 Å². The topological polar surface area (TPSA) is 103 Å². The van der Waals surface area contributed by atoms with Crippen LogP contribution in [0, 0.1) is 0 Å². The van der Waals surface area contributed by atoms with E-state index in [0.717, 1.165) is 44.4 Å². The van der Waals surface area contributed by atoms with Crippen LogP contribution in [-0.2, 0) is 17.8 Å². The molecule has 0 saturated carbocycles. The zero-order chi connectivity index (χ0) is 25.5. The predicted molar refractivity (Wildman–Crippen MR) is 144 cm³/mol. The smallest absolute Gasteiger partial charge is 0.163 e. The minimum absolute atomic E-state index is 0.417. The number of ether oxygens (including phenoxy) is 3. The van der Waals surface area contributed by atoms with Gasteiger partial charge in [-0.1, -0.05) is 12.1 Å². The van der Waals surface area contributed by atoms with Gasteiger partial charge in [0.05, 0.1) is 19.2 Å². The van der Waals surface area contributed by atoms with Gasteiger partial charge in [0.2, 0.25) is 0 Å². The number of anilines is 2. The summed E-state index contributed by atoms with van der Waals surface area (Å²) in [6.45, 7) is 2.07. The summed E-state index contributed by atoms with van der Waals surface area (Å²) in [7, 11) is 3.27. The lowest BCUT2D eigenvalue weighted by molar-refractivity contribution is 0.144. The number of hydrogen-bond donors (Lipinski definition) is 2. The minimum atomic E-state index is 0.417. The van der Waals surface area contributed by atoms with E-state index in [1.807, 2.05) is 61.1 Å². The van der Waals surface area contributed by atoms with E-state index in [9.17, 15) is 0 Å². The molecular formula is C28H28N6O3. The molecule has 0 amide bonds. The third-order valence-electron chi connectivity index (χ3n) is 5.89. The molecule has 0 spiro atoms. The van der Waals surface area contributed by atoms with Gasteiger partial charge in [-0.15, -0.1) is 0 Å². The molecule has 37 heavy (non-hydrogen) atoms. The summed E-state index contributed by atoms with van der Waals surface area (Å²) in [6.07, 6.45) is 9.04. The fourth-order valence-electron chi connectivity index (χ4n) is 4.03. The average molecular weight is 497 g/mol. The van der Waals surface area contributed by atoms with Crippen molar-refractivity contribution in [3.8, 4) is 11.5 Å². The average Bonchev–Trinajstić information content (AvgIpc) is 2.95. The molecule has 2 N–H and O–H groups in total. The molecule has 0 unspecified atom stereocenters. The van der Waals surface area contributed by atoms with Gasteiger partial charge in [0, 0.05) is 73.4 Å². The number of methoxy groups -OCH3 is 2. The standard InChI is InChI=1S/C28H28N6O3/c1-35-9-10-37-26-13-24-22(11-25(26)36-2)21-12-27(32-16-19-5-3-7-29-14-19)34-28(23(21)18-31-24)33-17-20-6-4-8-30-15-20/h3-8,11-15,18H,9-10,16-17H2,1-2H3,(H2,32,33,34). The Labute approximate surface area is 214 Å². The maximum atomic E-state index is 5.87. The van der Waals surface area contributed by atoms with E-state index < -0.39 is 0 Å². The second-order valence-electron chi connectivity index (χ2n) is 8.37. The number of rotatable bonds is 11. The Balaban J connectivity index is 1.56. The molecule has 0 atom stereocenters. The second-order valence-corrected chi connectivity index (χ2v) is 8.37. The van der Waals surface area contributed by atoms with Gasteiger partial charge in [0.1, 0.15) is 18.2 Å². The van der Waals surface area contributed by atoms with Gasteiger partial charge >= 0.3 is 0 Å². The third kappa shape index (κ3) is 5.68. The van der Waals surface area contributed by atoms with Crippen LogP contribution < -0.4 is 20.1 Å². The van der Waals surface area contributed by atoms with E-state index in [0.29, 0.717) is 37.8 Å². The third-order valence-corrected chi connectivity index (χ3v) is 5.89. The highest BCUT2D eigenvalue weighted by molar-refractivity contribution is 6.10. The van der Waals surface area contributed by atoms with Crippen LogP contribution in [0.4, 0.5) is 11.6 Å². The van der Waals surface area contributed by atoms with Crippen molar-refractivity contribution in [1.29, 1.82) is 0 Å². The zero-order valence-electron chi connectivity index (χ0n) is 20.8. The van der Waals surface area contributed by atoms with Crippen LogP contribution in [-0.4, -0.2) is 47.4 Å². The molecule has 0 radical (unpaired) electrons. The molecule has 0 aliphatic rings. The lowest BCUT2D eigenvalue weighted by Crippen LogP contribution is -2.07. The SMILES string of the molecule is COCCOc1cc2ncc3c(NCc4cccnc4)nc(NCc4cccnc4)cc3c2cc1OC. The van der Waals surface area contributed by atoms with Crippen LogP contribution in [0.2, 0.25) is 0 Å². The van der Waals surface area contributed by atoms with Crippen molar-refractivity contribution in [1.82, 2.24) is 19.9 Å². The summed E-state index contributed by atoms with van der Waals surface area (Å²) >= 11 is 0. The summed E-state index contributed by atoms with van der Waals surface area (Å²) in [5.41, 5.74) is 2.91. The van der Waals surface area contributed by atoms with Crippen LogP contribution >= 0.6 is 0 Å². The van der Waals surface area contributed by atoms with Crippen LogP contribution in [0.15, 0.2) is 73.4 Å². The molecule has 0 bridgehead atoms. The summed E-state index contributed by atoms with van der Waals surface area (Å²) in [4.78, 5) is 18.0. The monoisotopic (exact) mass is 496 g/mol. The van der Waals surface area contributed by atoms with Crippen molar-refractivity contribution in [2.24, 2.45) is 0 Å². The van der Waals surface area contributed by atoms with E-state index in [-0.39, 0.29) is 0 Å². The van der Waals surface area contributed by atoms with Gasteiger partial charge in [-0.05, 0) is 35.4 Å². The van der Waals surface area contributed by atoms with Crippen molar-refractivity contribution in [3.05, 3.63) is 84.6 Å². The van der Waals surface area contributed by atoms with Crippen LogP contribution in [0.3, 0.4) is 0 Å². The Morgan fingerprint density at radius 2 is 1.51 bits per heavy atom. The molecule has 188 valence electrons. The summed E-state index contributed by atoms with van der Waals surface area (Å²) in [5, 5.41) is 9.73. The number of pyridine rings is 4. The number of aromatic nitrogens is 4. The molecule has 5 rings (SSSR count). The molecule has 9 nitrogen and oxygen atoms in total. The van der Waals surface area contributed by atoms with E-state index >= 15 is 0 Å². The molecule has 0 aliphatic carbocycles. The predicted octanol–water partition coefficient (Wildman–Crippen LogP) is 4.83. The van der Waals surface area contributed by atoms with Crippen LogP contribution in [0.1, 0.15) is 11.1 Å². The highest BCUT2D eigenvalue weighted by atomic mass is 16.5. The Morgan fingerprint density at radius 1 is 0.757 bits per heavy atom. The molecule has 4 aromatic heterocycles. The Hall–Kier alpha value is -4.50. The highest BCUT2D eigenvalue weighted by Crippen LogP contribution is 2.37. The lowest BCUT2D eigenvalue weighted by atomic mass is 10.1. The van der Waals surface area contributed by atoms with Crippen LogP contribution in [0.5, 0.6) is 11.5 Å². The van der Waals surface area contributed by atoms with Crippen molar-refractivity contribution in [2.75, 3.05) is 38.1 Å². The molecular weight excluding hydrogens is 468 g/mol. The van der Waals surface area contributed by atoms with Crippen molar-refractivity contribution in [3.63, 3.8) is 0 Å². The maximum Gasteiger partial charge on any atom is 0.163 e. The van der Waals surface area contributed by atoms with Gasteiger partial charge in [-0.25, -0.2) is 4.98 Å². The Morgan fingerprint density at radius 3 is 2.19 bits per heavy atom. The highest BCUT2D eigenvalue weighted by Gasteiger charge is 2.14. The number of fused-ring (bicyclic) bond motifs is 3. The molecule has 0 aliphatic heterocycles. The fraction of sp³-hybridized carbons (Fsp3) is 0.214. The minimum Gasteiger partial charge on any atom is -0.493 e. The van der Waals surface area contributed by atoms with Crippen molar-refractivity contribution in [2.45, 2.75) is 13.1 Å². The van der Waals surface area contributed by atoms with E-state index in [1.165, 1.54) is 0 Å². The molecule has 0 fully saturated rings. The quantitative estimate of drug-likeness (QED) is 0.197. The number of nitrogens with one attached hydrogen (secondary N) is 2. The normalized spacial score (nSPS) is 11.0. The Kier molecular flexibility index (Phi) is 7.52. The maximum absolute atomic E-state index is 5.87. The van der Waals surface area contributed by atoms with Crippen molar-refractivity contribution < 1.29 is 14.2 Å². The number of benzene rings is 1. The van der Waals surface area contributed by atoms with E-state index in [4.69, 9.17) is 24.2 Å². The number of nitrogens with zero attached hydrogens (tertiary/aromatic N) is 4. The zero-order valence-corrected chi connectivity index (χ0v) is 20.8. The first-order chi connectivity index (χ1) is 18.2. The summed E-state index contributed by atoms with van der Waals surface area (Å²) in [5.74, 6) is 2.71. The first-order valence-electron chi connectivity index (χ1n) is 11.9. The molecule has 1 aromatic carbocycles. The van der Waals surface area contributed by atoms with Crippen LogP contribution in [0.25, 0.3) is 21.7 Å². The van der Waals surface area contributed by atoms with Gasteiger partial charge in [-0.3, -0.25) is 15.0 Å². The van der Waals surface area contributed by atoms with E-state index in [1.54, 1.807) is 26.6 Å². The first-order valence-corrected chi connectivity index (χ1v) is 11.9. The first kappa shape index (κ1) is 24.2. The number of hydrogen-bond acceptors (Lipinski definition) is 9. The second kappa shape index (κ2) is 11.5. The fourth-order valence-corrected chi connectivity index (χ4v) is 4.03. The lowest BCUT2D eigenvalue weighted by Gasteiger charge is -2.16. The molecule has 9 heteroatoms. The van der Waals surface area contributed by atoms with Gasteiger partial charge in [0.25, 0.3) is 0 Å². The molecule has 5 aromatic rings. The molecule has 0 saturated heterocycles. The summed E-state index contributed by atoms with van der Waals surface area (Å²) in [6, 6.07) is 13.8.